The Balaban J connectivity index is 5.13. The van der Waals surface area contributed by atoms with Crippen LogP contribution >= 0.6 is 12.2 Å². The van der Waals surface area contributed by atoms with Gasteiger partial charge in [0.15, 0.2) is 0 Å². The molecule has 0 aliphatic rings. The SMILES string of the molecule is BCN/C(CCC)=C(/C(=C)CC)C(N)=S. The van der Waals surface area contributed by atoms with Crippen molar-refractivity contribution < 1.29 is 0 Å². The molecule has 2 nitrogen and oxygen atoms in total. The van der Waals surface area contributed by atoms with E-state index >= 15 is 0 Å². The van der Waals surface area contributed by atoms with Crippen LogP contribution in [0.15, 0.2) is 23.4 Å². The van der Waals surface area contributed by atoms with Crippen molar-refractivity contribution in [1.29, 1.82) is 0 Å². The minimum Gasteiger partial charge on any atom is -0.396 e. The number of hydrogen-bond donors (Lipinski definition) is 2. The molecule has 0 aromatic rings. The van der Waals surface area contributed by atoms with Crippen LogP contribution in [0.4, 0.5) is 0 Å². The van der Waals surface area contributed by atoms with Gasteiger partial charge in [-0.05, 0) is 24.9 Å². The largest absolute Gasteiger partial charge is 0.396 e. The van der Waals surface area contributed by atoms with Crippen LogP contribution in [0, 0.1) is 0 Å². The molecule has 0 bridgehead atoms. The van der Waals surface area contributed by atoms with E-state index in [1.165, 1.54) is 0 Å². The summed E-state index contributed by atoms with van der Waals surface area (Å²) in [4.78, 5) is 0.450. The van der Waals surface area contributed by atoms with Gasteiger partial charge in [-0.25, -0.2) is 0 Å². The van der Waals surface area contributed by atoms with Gasteiger partial charge < -0.3 is 11.1 Å². The molecule has 0 aliphatic carbocycles. The van der Waals surface area contributed by atoms with Gasteiger partial charge in [-0.15, -0.1) is 0 Å². The van der Waals surface area contributed by atoms with E-state index in [0.717, 1.165) is 42.5 Å². The molecule has 0 saturated heterocycles. The lowest BCUT2D eigenvalue weighted by atomic mass is 10.00. The molecule has 0 unspecified atom stereocenters. The quantitative estimate of drug-likeness (QED) is 0.297. The second kappa shape index (κ2) is 7.52. The number of hydrogen-bond acceptors (Lipinski definition) is 2. The average Bonchev–Trinajstić information content (AvgIpc) is 2.18. The lowest BCUT2D eigenvalue weighted by Gasteiger charge is -2.16. The van der Waals surface area contributed by atoms with Crippen LogP contribution in [0.1, 0.15) is 33.1 Å². The first-order chi connectivity index (χ1) is 7.08. The summed E-state index contributed by atoms with van der Waals surface area (Å²) in [6.07, 6.45) is 3.81. The molecule has 4 heteroatoms. The van der Waals surface area contributed by atoms with Crippen molar-refractivity contribution in [3.05, 3.63) is 23.4 Å². The highest BCUT2D eigenvalue weighted by Gasteiger charge is 2.10. The molecule has 0 saturated carbocycles. The van der Waals surface area contributed by atoms with Crippen LogP contribution < -0.4 is 11.1 Å². The Morgan fingerprint density at radius 1 is 1.47 bits per heavy atom. The molecule has 0 radical (unpaired) electrons. The van der Waals surface area contributed by atoms with Crippen molar-refractivity contribution in [2.24, 2.45) is 5.73 Å². The molecule has 0 aliphatic heterocycles. The first kappa shape index (κ1) is 14.2. The summed E-state index contributed by atoms with van der Waals surface area (Å²) < 4.78 is 0. The van der Waals surface area contributed by atoms with Crippen molar-refractivity contribution in [2.45, 2.75) is 33.1 Å². The minimum absolute atomic E-state index is 0.450. The fourth-order valence-electron chi connectivity index (χ4n) is 1.48. The van der Waals surface area contributed by atoms with Crippen LogP contribution in [0.3, 0.4) is 0 Å². The minimum atomic E-state index is 0.450. The van der Waals surface area contributed by atoms with Crippen molar-refractivity contribution in [3.63, 3.8) is 0 Å². The van der Waals surface area contributed by atoms with Crippen LogP contribution in [0.2, 0.25) is 0 Å². The third kappa shape index (κ3) is 4.52. The second-order valence-electron chi connectivity index (χ2n) is 3.46. The van der Waals surface area contributed by atoms with Gasteiger partial charge in [0, 0.05) is 11.3 Å². The third-order valence-corrected chi connectivity index (χ3v) is 2.42. The molecular formula is C11H21BN2S. The molecule has 0 amide bonds. The van der Waals surface area contributed by atoms with Gasteiger partial charge in [-0.3, -0.25) is 0 Å². The fourth-order valence-corrected chi connectivity index (χ4v) is 1.75. The molecule has 15 heavy (non-hydrogen) atoms. The highest BCUT2D eigenvalue weighted by Crippen LogP contribution is 2.18. The van der Waals surface area contributed by atoms with Crippen LogP contribution in [0.25, 0.3) is 0 Å². The van der Waals surface area contributed by atoms with Crippen molar-refractivity contribution >= 4 is 25.1 Å². The van der Waals surface area contributed by atoms with Crippen molar-refractivity contribution in [3.8, 4) is 0 Å². The molecular weight excluding hydrogens is 203 g/mol. The van der Waals surface area contributed by atoms with Crippen LogP contribution in [-0.2, 0) is 0 Å². The average molecular weight is 224 g/mol. The normalized spacial score (nSPS) is 11.9. The molecule has 0 atom stereocenters. The first-order valence-electron chi connectivity index (χ1n) is 5.53. The zero-order valence-electron chi connectivity index (χ0n) is 10.0. The number of thiocarbonyl (C=S) groups is 1. The number of allylic oxidation sites excluding steroid dienone is 1. The number of nitrogens with one attached hydrogen (secondary N) is 1. The smallest absolute Gasteiger partial charge is 0.126 e. The zero-order chi connectivity index (χ0) is 11.8. The van der Waals surface area contributed by atoms with E-state index < -0.39 is 0 Å². The highest BCUT2D eigenvalue weighted by atomic mass is 32.1. The van der Waals surface area contributed by atoms with E-state index in [9.17, 15) is 0 Å². The molecule has 0 aromatic heterocycles. The Kier molecular flexibility index (Phi) is 7.13. The standard InChI is InChI=1S/C11H21BN2S/c1-4-6-9(14-7-12)10(11(13)15)8(3)5-2/h14H,3-7,12H2,1-2H3,(H2,13,15)/b10-9-. The Hall–Kier alpha value is -0.765. The van der Waals surface area contributed by atoms with Crippen LogP contribution in [-0.4, -0.2) is 19.3 Å². The third-order valence-electron chi connectivity index (χ3n) is 2.22. The summed E-state index contributed by atoms with van der Waals surface area (Å²) in [6.45, 7) is 8.22. The van der Waals surface area contributed by atoms with Crippen molar-refractivity contribution in [2.75, 3.05) is 6.44 Å². The molecule has 0 rings (SSSR count). The van der Waals surface area contributed by atoms with Gasteiger partial charge in [0.1, 0.15) is 12.8 Å². The maximum absolute atomic E-state index is 5.75. The Labute approximate surface area is 99.4 Å². The summed E-state index contributed by atoms with van der Waals surface area (Å²) in [5.74, 6) is 0. The summed E-state index contributed by atoms with van der Waals surface area (Å²) in [6, 6.07) is 0. The maximum Gasteiger partial charge on any atom is 0.126 e. The van der Waals surface area contributed by atoms with E-state index in [1.807, 2.05) is 0 Å². The number of rotatable bonds is 7. The van der Waals surface area contributed by atoms with Gasteiger partial charge in [-0.2, -0.15) is 0 Å². The van der Waals surface area contributed by atoms with Gasteiger partial charge in [0.05, 0.1) is 0 Å². The van der Waals surface area contributed by atoms with E-state index in [1.54, 1.807) is 0 Å². The van der Waals surface area contributed by atoms with Gasteiger partial charge in [0.25, 0.3) is 0 Å². The Bertz CT molecular complexity index is 264. The summed E-state index contributed by atoms with van der Waals surface area (Å²) in [5.41, 5.74) is 8.86. The predicted octanol–water partition coefficient (Wildman–Crippen LogP) is 1.47. The maximum atomic E-state index is 5.75. The fraction of sp³-hybridized carbons (Fsp3) is 0.545. The Morgan fingerprint density at radius 2 is 2.07 bits per heavy atom. The summed E-state index contributed by atoms with van der Waals surface area (Å²) >= 11 is 5.08. The van der Waals surface area contributed by atoms with Gasteiger partial charge in [-0.1, -0.05) is 39.1 Å². The first-order valence-corrected chi connectivity index (χ1v) is 5.94. The van der Waals surface area contributed by atoms with Gasteiger partial charge >= 0.3 is 0 Å². The summed E-state index contributed by atoms with van der Waals surface area (Å²) in [5, 5.41) is 3.33. The van der Waals surface area contributed by atoms with E-state index in [0.29, 0.717) is 4.99 Å². The lowest BCUT2D eigenvalue weighted by Crippen LogP contribution is -2.23. The predicted molar refractivity (Wildman–Crippen MR) is 74.7 cm³/mol. The molecule has 84 valence electrons. The highest BCUT2D eigenvalue weighted by molar-refractivity contribution is 7.80. The zero-order valence-corrected chi connectivity index (χ0v) is 10.8. The second-order valence-corrected chi connectivity index (χ2v) is 3.90. The molecule has 0 fully saturated rings. The van der Waals surface area contributed by atoms with E-state index in [-0.39, 0.29) is 0 Å². The van der Waals surface area contributed by atoms with Gasteiger partial charge in [0.2, 0.25) is 0 Å². The number of nitrogens with two attached hydrogens (primary N) is 1. The molecule has 3 N–H and O–H groups in total. The molecule has 0 heterocycles. The summed E-state index contributed by atoms with van der Waals surface area (Å²) in [7, 11) is 2.07. The van der Waals surface area contributed by atoms with Crippen molar-refractivity contribution in [1.82, 2.24) is 5.32 Å². The molecule has 0 aromatic carbocycles. The van der Waals surface area contributed by atoms with E-state index in [2.05, 4.69) is 33.6 Å². The molecule has 0 spiro atoms. The lowest BCUT2D eigenvalue weighted by molar-refractivity contribution is 0.793. The van der Waals surface area contributed by atoms with Crippen LogP contribution in [0.5, 0.6) is 0 Å². The topological polar surface area (TPSA) is 38.0 Å². The van der Waals surface area contributed by atoms with E-state index in [4.69, 9.17) is 18.0 Å². The monoisotopic (exact) mass is 224 g/mol. The Morgan fingerprint density at radius 3 is 2.40 bits per heavy atom.